The van der Waals surface area contributed by atoms with Gasteiger partial charge in [0.15, 0.2) is 0 Å². The van der Waals surface area contributed by atoms with Crippen molar-refractivity contribution in [1.29, 1.82) is 0 Å². The minimum Gasteiger partial charge on any atom is -0.368 e. The summed E-state index contributed by atoms with van der Waals surface area (Å²) in [5.74, 6) is -0.296. The van der Waals surface area contributed by atoms with E-state index in [0.29, 0.717) is 12.5 Å². The van der Waals surface area contributed by atoms with Crippen LogP contribution in [0.4, 0.5) is 0 Å². The number of primary amides is 1. The standard InChI is InChI=1S/C11H18N4O/c12-11(16)10(5-9-6-13-7-14-9)15-8-3-1-2-4-8/h6-8,10,15H,1-5H2,(H2,12,16)(H,13,14). The quantitative estimate of drug-likeness (QED) is 0.671. The number of nitrogens with two attached hydrogens (primary N) is 1. The van der Waals surface area contributed by atoms with Crippen LogP contribution in [0, 0.1) is 0 Å². The van der Waals surface area contributed by atoms with Gasteiger partial charge in [0.1, 0.15) is 0 Å². The minimum atomic E-state index is -0.300. The number of hydrogen-bond acceptors (Lipinski definition) is 3. The van der Waals surface area contributed by atoms with Gasteiger partial charge in [-0.15, -0.1) is 0 Å². The number of rotatable bonds is 5. The van der Waals surface area contributed by atoms with Crippen molar-refractivity contribution in [3.05, 3.63) is 18.2 Å². The van der Waals surface area contributed by atoms with E-state index < -0.39 is 0 Å². The highest BCUT2D eigenvalue weighted by Crippen LogP contribution is 2.18. The average molecular weight is 222 g/mol. The van der Waals surface area contributed by atoms with Gasteiger partial charge in [0.2, 0.25) is 5.91 Å². The first-order valence-electron chi connectivity index (χ1n) is 5.78. The van der Waals surface area contributed by atoms with Crippen LogP contribution in [0.5, 0.6) is 0 Å². The Labute approximate surface area is 94.8 Å². The van der Waals surface area contributed by atoms with Crippen LogP contribution in [-0.2, 0) is 11.2 Å². The molecule has 0 spiro atoms. The van der Waals surface area contributed by atoms with Gasteiger partial charge in [0, 0.05) is 18.7 Å². The van der Waals surface area contributed by atoms with Gasteiger partial charge < -0.3 is 16.0 Å². The molecule has 16 heavy (non-hydrogen) atoms. The van der Waals surface area contributed by atoms with Gasteiger partial charge in [-0.1, -0.05) is 12.8 Å². The lowest BCUT2D eigenvalue weighted by Crippen LogP contribution is -2.47. The average Bonchev–Trinajstić information content (AvgIpc) is 2.88. The lowest BCUT2D eigenvalue weighted by Gasteiger charge is -2.19. The Hall–Kier alpha value is -1.36. The SMILES string of the molecule is NC(=O)C(Cc1c[nH]cn1)NC1CCCC1. The van der Waals surface area contributed by atoms with E-state index in [9.17, 15) is 4.79 Å². The predicted molar refractivity (Wildman–Crippen MR) is 60.7 cm³/mol. The van der Waals surface area contributed by atoms with Gasteiger partial charge in [-0.2, -0.15) is 0 Å². The maximum absolute atomic E-state index is 11.3. The van der Waals surface area contributed by atoms with E-state index in [1.54, 1.807) is 12.5 Å². The second-order valence-corrected chi connectivity index (χ2v) is 4.37. The van der Waals surface area contributed by atoms with Gasteiger partial charge >= 0.3 is 0 Å². The molecule has 0 aliphatic heterocycles. The first kappa shape index (κ1) is 11.1. The molecule has 1 heterocycles. The highest BCUT2D eigenvalue weighted by Gasteiger charge is 2.23. The van der Waals surface area contributed by atoms with Gasteiger partial charge in [-0.05, 0) is 12.8 Å². The van der Waals surface area contributed by atoms with Crippen LogP contribution in [0.2, 0.25) is 0 Å². The summed E-state index contributed by atoms with van der Waals surface area (Å²) in [5, 5.41) is 3.33. The van der Waals surface area contributed by atoms with Crippen molar-refractivity contribution >= 4 is 5.91 Å². The highest BCUT2D eigenvalue weighted by molar-refractivity contribution is 5.80. The van der Waals surface area contributed by atoms with Crippen molar-refractivity contribution in [1.82, 2.24) is 15.3 Å². The van der Waals surface area contributed by atoms with Crippen molar-refractivity contribution in [3.8, 4) is 0 Å². The van der Waals surface area contributed by atoms with Crippen molar-refractivity contribution in [2.24, 2.45) is 5.73 Å². The van der Waals surface area contributed by atoms with Crippen molar-refractivity contribution in [2.75, 3.05) is 0 Å². The third-order valence-corrected chi connectivity index (χ3v) is 3.10. The summed E-state index contributed by atoms with van der Waals surface area (Å²) in [6, 6.07) is 0.142. The lowest BCUT2D eigenvalue weighted by atomic mass is 10.1. The van der Waals surface area contributed by atoms with E-state index >= 15 is 0 Å². The molecule has 1 aromatic heterocycles. The van der Waals surface area contributed by atoms with Crippen LogP contribution in [0.15, 0.2) is 12.5 Å². The van der Waals surface area contributed by atoms with Crippen LogP contribution in [-0.4, -0.2) is 28.0 Å². The van der Waals surface area contributed by atoms with Gasteiger partial charge in [-0.25, -0.2) is 4.98 Å². The van der Waals surface area contributed by atoms with Crippen LogP contribution < -0.4 is 11.1 Å². The molecule has 1 amide bonds. The van der Waals surface area contributed by atoms with E-state index in [-0.39, 0.29) is 11.9 Å². The number of aromatic nitrogens is 2. The van der Waals surface area contributed by atoms with E-state index in [0.717, 1.165) is 18.5 Å². The van der Waals surface area contributed by atoms with Crippen molar-refractivity contribution < 1.29 is 4.79 Å². The maximum atomic E-state index is 11.3. The summed E-state index contributed by atoms with van der Waals surface area (Å²) in [5.41, 5.74) is 6.26. The molecule has 1 atom stereocenters. The van der Waals surface area contributed by atoms with Crippen molar-refractivity contribution in [3.63, 3.8) is 0 Å². The molecule has 0 radical (unpaired) electrons. The van der Waals surface area contributed by atoms with E-state index in [1.807, 2.05) is 0 Å². The number of H-pyrrole nitrogens is 1. The third kappa shape index (κ3) is 2.82. The second-order valence-electron chi connectivity index (χ2n) is 4.37. The summed E-state index contributed by atoms with van der Waals surface area (Å²) < 4.78 is 0. The minimum absolute atomic E-state index is 0.296. The summed E-state index contributed by atoms with van der Waals surface area (Å²) in [4.78, 5) is 18.3. The van der Waals surface area contributed by atoms with Crippen LogP contribution in [0.1, 0.15) is 31.4 Å². The molecule has 5 heteroatoms. The van der Waals surface area contributed by atoms with Crippen molar-refractivity contribution in [2.45, 2.75) is 44.2 Å². The molecule has 1 aromatic rings. The normalized spacial score (nSPS) is 18.8. The van der Waals surface area contributed by atoms with E-state index in [1.165, 1.54) is 12.8 Å². The monoisotopic (exact) mass is 222 g/mol. The van der Waals surface area contributed by atoms with Crippen LogP contribution >= 0.6 is 0 Å². The zero-order chi connectivity index (χ0) is 11.4. The van der Waals surface area contributed by atoms with Gasteiger partial charge in [-0.3, -0.25) is 4.79 Å². The van der Waals surface area contributed by atoms with Gasteiger partial charge in [0.05, 0.1) is 18.1 Å². The fraction of sp³-hybridized carbons (Fsp3) is 0.636. The Morgan fingerprint density at radius 2 is 2.38 bits per heavy atom. The number of carbonyl (C=O) groups excluding carboxylic acids is 1. The summed E-state index contributed by atoms with van der Waals surface area (Å²) in [7, 11) is 0. The number of imidazole rings is 1. The summed E-state index contributed by atoms with van der Waals surface area (Å²) in [6.07, 6.45) is 8.75. The Morgan fingerprint density at radius 3 is 2.94 bits per heavy atom. The molecule has 0 bridgehead atoms. The highest BCUT2D eigenvalue weighted by atomic mass is 16.1. The number of hydrogen-bond donors (Lipinski definition) is 3. The molecule has 5 nitrogen and oxygen atoms in total. The zero-order valence-corrected chi connectivity index (χ0v) is 9.28. The molecular formula is C11H18N4O. The fourth-order valence-corrected chi connectivity index (χ4v) is 2.23. The Morgan fingerprint density at radius 1 is 1.62 bits per heavy atom. The lowest BCUT2D eigenvalue weighted by molar-refractivity contribution is -0.120. The summed E-state index contributed by atoms with van der Waals surface area (Å²) >= 11 is 0. The molecule has 0 aromatic carbocycles. The topological polar surface area (TPSA) is 83.8 Å². The molecular weight excluding hydrogens is 204 g/mol. The first-order valence-corrected chi connectivity index (χ1v) is 5.78. The van der Waals surface area contributed by atoms with Gasteiger partial charge in [0.25, 0.3) is 0 Å². The Balaban J connectivity index is 1.91. The molecule has 1 aliphatic rings. The number of nitrogens with zero attached hydrogens (tertiary/aromatic N) is 1. The number of aromatic amines is 1. The number of amides is 1. The molecule has 1 aliphatic carbocycles. The fourth-order valence-electron chi connectivity index (χ4n) is 2.23. The largest absolute Gasteiger partial charge is 0.368 e. The molecule has 0 saturated heterocycles. The first-order chi connectivity index (χ1) is 7.75. The van der Waals surface area contributed by atoms with E-state index in [2.05, 4.69) is 15.3 Å². The predicted octanol–water partition coefficient (Wildman–Crippen LogP) is 0.338. The molecule has 4 N–H and O–H groups in total. The molecule has 1 fully saturated rings. The maximum Gasteiger partial charge on any atom is 0.234 e. The summed E-state index contributed by atoms with van der Waals surface area (Å²) in [6.45, 7) is 0. The number of nitrogens with one attached hydrogen (secondary N) is 2. The van der Waals surface area contributed by atoms with Crippen LogP contribution in [0.25, 0.3) is 0 Å². The molecule has 1 unspecified atom stereocenters. The molecule has 2 rings (SSSR count). The third-order valence-electron chi connectivity index (χ3n) is 3.10. The molecule has 88 valence electrons. The Kier molecular flexibility index (Phi) is 3.56. The Bertz CT molecular complexity index is 330. The molecule has 1 saturated carbocycles. The van der Waals surface area contributed by atoms with E-state index in [4.69, 9.17) is 5.73 Å². The number of carbonyl (C=O) groups is 1. The van der Waals surface area contributed by atoms with Crippen LogP contribution in [0.3, 0.4) is 0 Å². The second kappa shape index (κ2) is 5.12. The smallest absolute Gasteiger partial charge is 0.234 e. The zero-order valence-electron chi connectivity index (χ0n) is 9.28.